The third-order valence-corrected chi connectivity index (χ3v) is 4.52. The van der Waals surface area contributed by atoms with E-state index in [2.05, 4.69) is 10.3 Å². The molecule has 0 saturated carbocycles. The number of carbonyl (C=O) groups is 2. The summed E-state index contributed by atoms with van der Waals surface area (Å²) in [6.07, 6.45) is 3.30. The normalized spacial score (nSPS) is 10.4. The fourth-order valence-corrected chi connectivity index (χ4v) is 2.92. The Morgan fingerprint density at radius 1 is 0.833 bits per heavy atom. The quantitative estimate of drug-likeness (QED) is 0.479. The lowest BCUT2D eigenvalue weighted by Crippen LogP contribution is -2.12. The van der Waals surface area contributed by atoms with Gasteiger partial charge in [0, 0.05) is 36.3 Å². The minimum atomic E-state index is -0.246. The van der Waals surface area contributed by atoms with Gasteiger partial charge in [0.15, 0.2) is 5.82 Å². The number of benzene rings is 3. The van der Waals surface area contributed by atoms with Gasteiger partial charge in [-0.1, -0.05) is 18.2 Å². The zero-order valence-electron chi connectivity index (χ0n) is 16.3. The summed E-state index contributed by atoms with van der Waals surface area (Å²) in [4.78, 5) is 29.0. The first-order valence-corrected chi connectivity index (χ1v) is 9.36. The van der Waals surface area contributed by atoms with Crippen molar-refractivity contribution < 1.29 is 14.3 Å². The summed E-state index contributed by atoms with van der Waals surface area (Å²) in [6.45, 7) is 0. The molecule has 0 spiro atoms. The number of anilines is 1. The predicted molar refractivity (Wildman–Crippen MR) is 114 cm³/mol. The molecule has 1 N–H and O–H groups in total. The maximum Gasteiger partial charge on any atom is 0.255 e. The number of hydrogen-bond donors (Lipinski definition) is 1. The number of ketones is 1. The molecular formula is C24H19N3O3. The van der Waals surface area contributed by atoms with Crippen molar-refractivity contribution >= 4 is 17.4 Å². The Morgan fingerprint density at radius 3 is 2.10 bits per heavy atom. The van der Waals surface area contributed by atoms with E-state index in [1.165, 1.54) is 0 Å². The van der Waals surface area contributed by atoms with Crippen molar-refractivity contribution in [3.8, 4) is 11.5 Å². The van der Waals surface area contributed by atoms with E-state index in [1.54, 1.807) is 72.5 Å². The van der Waals surface area contributed by atoms with Crippen LogP contribution < -0.4 is 10.1 Å². The van der Waals surface area contributed by atoms with Gasteiger partial charge in [-0.2, -0.15) is 0 Å². The highest BCUT2D eigenvalue weighted by molar-refractivity contribution is 6.07. The molecule has 3 aromatic carbocycles. The summed E-state index contributed by atoms with van der Waals surface area (Å²) in [5, 5.41) is 2.83. The fraction of sp³-hybridized carbons (Fsp3) is 0.0417. The molecule has 0 atom stereocenters. The Balaban J connectivity index is 1.40. The van der Waals surface area contributed by atoms with E-state index in [1.807, 2.05) is 30.3 Å². The monoisotopic (exact) mass is 397 g/mol. The first kappa shape index (κ1) is 19.1. The van der Waals surface area contributed by atoms with E-state index >= 15 is 0 Å². The first-order valence-electron chi connectivity index (χ1n) is 9.36. The van der Waals surface area contributed by atoms with Crippen LogP contribution in [0.3, 0.4) is 0 Å². The molecule has 4 rings (SSSR count). The lowest BCUT2D eigenvalue weighted by atomic mass is 10.1. The molecule has 0 unspecified atom stereocenters. The van der Waals surface area contributed by atoms with Gasteiger partial charge in [0.05, 0.1) is 0 Å². The second-order valence-corrected chi connectivity index (χ2v) is 6.66. The van der Waals surface area contributed by atoms with E-state index in [9.17, 15) is 9.59 Å². The zero-order chi connectivity index (χ0) is 20.9. The average Bonchev–Trinajstić information content (AvgIpc) is 3.21. The summed E-state index contributed by atoms with van der Waals surface area (Å²) >= 11 is 0. The van der Waals surface area contributed by atoms with Crippen LogP contribution in [0.2, 0.25) is 0 Å². The van der Waals surface area contributed by atoms with Crippen molar-refractivity contribution in [1.82, 2.24) is 9.55 Å². The molecule has 0 fully saturated rings. The van der Waals surface area contributed by atoms with Gasteiger partial charge in [0.25, 0.3) is 5.91 Å². The molecule has 1 aromatic heterocycles. The number of ether oxygens (including phenoxy) is 1. The van der Waals surface area contributed by atoms with Gasteiger partial charge in [-0.05, 0) is 60.7 Å². The Morgan fingerprint density at radius 2 is 1.47 bits per heavy atom. The molecular weight excluding hydrogens is 378 g/mol. The smallest absolute Gasteiger partial charge is 0.255 e. The molecule has 0 aliphatic heterocycles. The zero-order valence-corrected chi connectivity index (χ0v) is 16.3. The van der Waals surface area contributed by atoms with E-state index in [4.69, 9.17) is 4.74 Å². The highest BCUT2D eigenvalue weighted by atomic mass is 16.5. The lowest BCUT2D eigenvalue weighted by Gasteiger charge is -2.08. The standard InChI is InChI=1S/C24H19N3O3/c1-27-16-15-25-23(27)22(28)17-7-11-19(12-8-17)26-24(29)18-9-13-21(14-10-18)30-20-5-3-2-4-6-20/h2-16H,1H3,(H,26,29). The highest BCUT2D eigenvalue weighted by Gasteiger charge is 2.14. The van der Waals surface area contributed by atoms with E-state index in [0.717, 1.165) is 5.75 Å². The number of para-hydroxylation sites is 1. The van der Waals surface area contributed by atoms with Crippen LogP contribution >= 0.6 is 0 Å². The summed E-state index contributed by atoms with van der Waals surface area (Å²) < 4.78 is 7.41. The molecule has 4 aromatic rings. The molecule has 0 aliphatic carbocycles. The Kier molecular flexibility index (Phi) is 5.39. The molecule has 6 heteroatoms. The SMILES string of the molecule is Cn1ccnc1C(=O)c1ccc(NC(=O)c2ccc(Oc3ccccc3)cc2)cc1. The van der Waals surface area contributed by atoms with Crippen LogP contribution in [0, 0.1) is 0 Å². The lowest BCUT2D eigenvalue weighted by molar-refractivity contribution is 0.102. The number of carbonyl (C=O) groups excluding carboxylic acids is 2. The summed E-state index contributed by atoms with van der Waals surface area (Å²) in [7, 11) is 1.77. The van der Waals surface area contributed by atoms with Crippen LogP contribution in [-0.4, -0.2) is 21.2 Å². The minimum absolute atomic E-state index is 0.172. The van der Waals surface area contributed by atoms with Gasteiger partial charge in [0.1, 0.15) is 11.5 Å². The fourth-order valence-electron chi connectivity index (χ4n) is 2.92. The topological polar surface area (TPSA) is 73.2 Å². The molecule has 30 heavy (non-hydrogen) atoms. The summed E-state index contributed by atoms with van der Waals surface area (Å²) in [6, 6.07) is 23.1. The van der Waals surface area contributed by atoms with Crippen molar-refractivity contribution in [1.29, 1.82) is 0 Å². The number of hydrogen-bond acceptors (Lipinski definition) is 4. The van der Waals surface area contributed by atoms with E-state index < -0.39 is 0 Å². The number of nitrogens with one attached hydrogen (secondary N) is 1. The van der Waals surface area contributed by atoms with Crippen molar-refractivity contribution in [2.45, 2.75) is 0 Å². The van der Waals surface area contributed by atoms with Crippen molar-refractivity contribution in [3.63, 3.8) is 0 Å². The number of nitrogens with zero attached hydrogens (tertiary/aromatic N) is 2. The molecule has 6 nitrogen and oxygen atoms in total. The number of amides is 1. The first-order chi connectivity index (χ1) is 14.6. The number of rotatable bonds is 6. The van der Waals surface area contributed by atoms with Gasteiger partial charge in [-0.25, -0.2) is 4.98 Å². The molecule has 1 heterocycles. The third kappa shape index (κ3) is 4.28. The Bertz CT molecular complexity index is 1160. The molecule has 148 valence electrons. The second-order valence-electron chi connectivity index (χ2n) is 6.66. The molecule has 0 radical (unpaired) electrons. The number of aromatic nitrogens is 2. The van der Waals surface area contributed by atoms with Crippen LogP contribution in [0.5, 0.6) is 11.5 Å². The maximum absolute atomic E-state index is 12.5. The third-order valence-electron chi connectivity index (χ3n) is 4.52. The second kappa shape index (κ2) is 8.45. The van der Waals surface area contributed by atoms with Crippen LogP contribution in [0.4, 0.5) is 5.69 Å². The summed E-state index contributed by atoms with van der Waals surface area (Å²) in [5.41, 5.74) is 1.61. The molecule has 0 bridgehead atoms. The van der Waals surface area contributed by atoms with Crippen LogP contribution in [0.25, 0.3) is 0 Å². The van der Waals surface area contributed by atoms with Gasteiger partial charge in [0.2, 0.25) is 5.78 Å². The molecule has 0 aliphatic rings. The maximum atomic E-state index is 12.5. The minimum Gasteiger partial charge on any atom is -0.457 e. The summed E-state index contributed by atoms with van der Waals surface area (Å²) in [5.74, 6) is 1.33. The number of aryl methyl sites for hydroxylation is 1. The van der Waals surface area contributed by atoms with Gasteiger partial charge >= 0.3 is 0 Å². The van der Waals surface area contributed by atoms with E-state index in [-0.39, 0.29) is 11.7 Å². The number of imidazole rings is 1. The Labute approximate surface area is 173 Å². The van der Waals surface area contributed by atoms with Gasteiger partial charge in [-0.3, -0.25) is 9.59 Å². The van der Waals surface area contributed by atoms with Crippen molar-refractivity contribution in [2.75, 3.05) is 5.32 Å². The Hall–Kier alpha value is -4.19. The predicted octanol–water partition coefficient (Wildman–Crippen LogP) is 4.70. The van der Waals surface area contributed by atoms with E-state index in [0.29, 0.717) is 28.4 Å². The van der Waals surface area contributed by atoms with Crippen molar-refractivity contribution in [3.05, 3.63) is 108 Å². The van der Waals surface area contributed by atoms with Gasteiger partial charge < -0.3 is 14.6 Å². The van der Waals surface area contributed by atoms with Crippen LogP contribution in [0.1, 0.15) is 26.5 Å². The average molecular weight is 397 g/mol. The van der Waals surface area contributed by atoms with Gasteiger partial charge in [-0.15, -0.1) is 0 Å². The van der Waals surface area contributed by atoms with Crippen molar-refractivity contribution in [2.24, 2.45) is 7.05 Å². The largest absolute Gasteiger partial charge is 0.457 e. The molecule has 1 amide bonds. The molecule has 0 saturated heterocycles. The van der Waals surface area contributed by atoms with Crippen LogP contribution in [0.15, 0.2) is 91.3 Å². The highest BCUT2D eigenvalue weighted by Crippen LogP contribution is 2.21. The van der Waals surface area contributed by atoms with Crippen LogP contribution in [-0.2, 0) is 7.05 Å².